The summed E-state index contributed by atoms with van der Waals surface area (Å²) in [7, 11) is 0. The molecule has 2 aromatic carbocycles. The topological polar surface area (TPSA) is 107 Å². The molecule has 2 aromatic heterocycles. The van der Waals surface area contributed by atoms with Crippen LogP contribution in [0.5, 0.6) is 0 Å². The van der Waals surface area contributed by atoms with Gasteiger partial charge < -0.3 is 24.8 Å². The molecule has 9 nitrogen and oxygen atoms in total. The molecule has 1 aliphatic rings. The molecule has 38 heavy (non-hydrogen) atoms. The highest BCUT2D eigenvalue weighted by Gasteiger charge is 2.26. The number of carbonyl (C=O) groups is 2. The van der Waals surface area contributed by atoms with Crippen LogP contribution in [0.3, 0.4) is 0 Å². The number of piperazine rings is 1. The van der Waals surface area contributed by atoms with Crippen LogP contribution in [0.4, 0.5) is 15.0 Å². The number of ether oxygens (including phenoxy) is 1. The van der Waals surface area contributed by atoms with E-state index in [1.807, 2.05) is 30.3 Å². The largest absolute Gasteiger partial charge is 0.445 e. The summed E-state index contributed by atoms with van der Waals surface area (Å²) in [5, 5.41) is 0. The predicted molar refractivity (Wildman–Crippen MR) is 140 cm³/mol. The van der Waals surface area contributed by atoms with Gasteiger partial charge in [-0.25, -0.2) is 19.2 Å². The number of hydrogen-bond donors (Lipinski definition) is 1. The molecule has 0 atom stereocenters. The summed E-state index contributed by atoms with van der Waals surface area (Å²) in [6.07, 6.45) is 2.80. The maximum absolute atomic E-state index is 13.5. The van der Waals surface area contributed by atoms with Crippen molar-refractivity contribution >= 4 is 17.8 Å². The molecule has 2 amide bonds. The van der Waals surface area contributed by atoms with Crippen molar-refractivity contribution < 1.29 is 18.7 Å². The predicted octanol–water partition coefficient (Wildman–Crippen LogP) is 3.81. The summed E-state index contributed by atoms with van der Waals surface area (Å²) >= 11 is 0. The van der Waals surface area contributed by atoms with Gasteiger partial charge in [0.05, 0.1) is 17.7 Å². The molecule has 2 N–H and O–H groups in total. The molecular formula is C28H27FN6O3. The monoisotopic (exact) mass is 514 g/mol. The van der Waals surface area contributed by atoms with Crippen molar-refractivity contribution in [3.63, 3.8) is 0 Å². The number of amides is 2. The lowest BCUT2D eigenvalue weighted by atomic mass is 10.1. The van der Waals surface area contributed by atoms with E-state index in [0.717, 1.165) is 11.1 Å². The quantitative estimate of drug-likeness (QED) is 0.419. The molecule has 0 bridgehead atoms. The van der Waals surface area contributed by atoms with Crippen LogP contribution in [0.25, 0.3) is 22.5 Å². The molecule has 5 rings (SSSR count). The minimum Gasteiger partial charge on any atom is -0.445 e. The molecule has 194 valence electrons. The second-order valence-electron chi connectivity index (χ2n) is 8.95. The Hall–Kier alpha value is -4.73. The van der Waals surface area contributed by atoms with Crippen LogP contribution in [0.1, 0.15) is 5.56 Å². The molecule has 0 saturated carbocycles. The fourth-order valence-electron chi connectivity index (χ4n) is 4.41. The van der Waals surface area contributed by atoms with Gasteiger partial charge in [0.25, 0.3) is 0 Å². The van der Waals surface area contributed by atoms with Crippen molar-refractivity contribution in [2.75, 3.05) is 31.9 Å². The van der Waals surface area contributed by atoms with Crippen molar-refractivity contribution in [2.45, 2.75) is 13.2 Å². The zero-order valence-electron chi connectivity index (χ0n) is 20.7. The highest BCUT2D eigenvalue weighted by atomic mass is 19.1. The number of imidazole rings is 1. The van der Waals surface area contributed by atoms with Gasteiger partial charge in [0.2, 0.25) is 5.91 Å². The molecule has 0 aliphatic carbocycles. The first-order valence-electron chi connectivity index (χ1n) is 12.2. The average molecular weight is 515 g/mol. The van der Waals surface area contributed by atoms with Gasteiger partial charge in [-0.3, -0.25) is 4.79 Å². The molecule has 1 aliphatic heterocycles. The van der Waals surface area contributed by atoms with Gasteiger partial charge in [-0.05, 0) is 42.0 Å². The minimum absolute atomic E-state index is 0.0458. The fourth-order valence-corrected chi connectivity index (χ4v) is 4.41. The number of nitrogens with two attached hydrogens (primary N) is 1. The number of anilines is 1. The Kier molecular flexibility index (Phi) is 7.30. The number of nitrogens with zero attached hydrogens (tertiary/aromatic N) is 5. The molecule has 0 spiro atoms. The first-order chi connectivity index (χ1) is 18.5. The lowest BCUT2D eigenvalue weighted by Gasteiger charge is -2.34. The Morgan fingerprint density at radius 1 is 0.895 bits per heavy atom. The van der Waals surface area contributed by atoms with Crippen molar-refractivity contribution in [3.8, 4) is 22.5 Å². The third kappa shape index (κ3) is 5.64. The van der Waals surface area contributed by atoms with Crippen molar-refractivity contribution in [1.29, 1.82) is 0 Å². The second-order valence-corrected chi connectivity index (χ2v) is 8.95. The summed E-state index contributed by atoms with van der Waals surface area (Å²) in [6, 6.07) is 19.0. The number of benzene rings is 2. The van der Waals surface area contributed by atoms with E-state index in [9.17, 15) is 14.0 Å². The van der Waals surface area contributed by atoms with Crippen LogP contribution in [0.15, 0.2) is 79.3 Å². The van der Waals surface area contributed by atoms with E-state index in [-0.39, 0.29) is 24.9 Å². The van der Waals surface area contributed by atoms with Crippen molar-refractivity contribution in [1.82, 2.24) is 24.3 Å². The van der Waals surface area contributed by atoms with Gasteiger partial charge in [0.1, 0.15) is 24.8 Å². The Bertz CT molecular complexity index is 1420. The first-order valence-corrected chi connectivity index (χ1v) is 12.2. The van der Waals surface area contributed by atoms with Crippen LogP contribution in [0.2, 0.25) is 0 Å². The zero-order chi connectivity index (χ0) is 26.5. The number of hydrogen-bond acceptors (Lipinski definition) is 6. The van der Waals surface area contributed by atoms with Crippen LogP contribution in [0, 0.1) is 5.82 Å². The van der Waals surface area contributed by atoms with Gasteiger partial charge in [0, 0.05) is 43.5 Å². The summed E-state index contributed by atoms with van der Waals surface area (Å²) in [4.78, 5) is 37.7. The van der Waals surface area contributed by atoms with Crippen molar-refractivity contribution in [3.05, 3.63) is 90.6 Å². The Morgan fingerprint density at radius 2 is 1.61 bits per heavy atom. The first kappa shape index (κ1) is 24.9. The minimum atomic E-state index is -0.392. The zero-order valence-corrected chi connectivity index (χ0v) is 20.7. The molecule has 4 aromatic rings. The van der Waals surface area contributed by atoms with Gasteiger partial charge in [0.15, 0.2) is 0 Å². The van der Waals surface area contributed by atoms with Gasteiger partial charge in [-0.2, -0.15) is 0 Å². The summed E-state index contributed by atoms with van der Waals surface area (Å²) in [5.41, 5.74) is 9.59. The number of carbonyl (C=O) groups excluding carboxylic acids is 2. The lowest BCUT2D eigenvalue weighted by molar-refractivity contribution is -0.133. The molecule has 3 heterocycles. The highest BCUT2D eigenvalue weighted by molar-refractivity contribution is 5.82. The highest BCUT2D eigenvalue weighted by Crippen LogP contribution is 2.32. The van der Waals surface area contributed by atoms with E-state index < -0.39 is 6.09 Å². The summed E-state index contributed by atoms with van der Waals surface area (Å²) < 4.78 is 20.7. The maximum atomic E-state index is 13.5. The van der Waals surface area contributed by atoms with Crippen molar-refractivity contribution in [2.24, 2.45) is 0 Å². The third-order valence-corrected chi connectivity index (χ3v) is 6.41. The third-order valence-electron chi connectivity index (χ3n) is 6.41. The molecule has 10 heteroatoms. The Balaban J connectivity index is 1.26. The van der Waals surface area contributed by atoms with Gasteiger partial charge >= 0.3 is 6.09 Å². The lowest BCUT2D eigenvalue weighted by Crippen LogP contribution is -2.51. The van der Waals surface area contributed by atoms with E-state index in [1.54, 1.807) is 51.2 Å². The second kappa shape index (κ2) is 11.1. The van der Waals surface area contributed by atoms with Crippen LogP contribution < -0.4 is 5.73 Å². The van der Waals surface area contributed by atoms with E-state index in [0.29, 0.717) is 48.9 Å². The normalized spacial score (nSPS) is 13.4. The van der Waals surface area contributed by atoms with Crippen LogP contribution in [-0.4, -0.2) is 62.5 Å². The molecule has 1 saturated heterocycles. The smallest absolute Gasteiger partial charge is 0.410 e. The SMILES string of the molecule is Nc1cc(-c2c(-c3ccc(F)cc3)ncn2CC(=O)N2CCN(C(=O)OCc3ccccc3)CC2)ccn1. The van der Waals surface area contributed by atoms with Crippen LogP contribution in [-0.2, 0) is 22.7 Å². The number of halogens is 1. The number of nitrogen functional groups attached to an aromatic ring is 1. The molecule has 0 radical (unpaired) electrons. The fraction of sp³-hybridized carbons (Fsp3) is 0.214. The van der Waals surface area contributed by atoms with E-state index in [1.165, 1.54) is 12.1 Å². The van der Waals surface area contributed by atoms with E-state index in [2.05, 4.69) is 9.97 Å². The maximum Gasteiger partial charge on any atom is 0.410 e. The summed E-state index contributed by atoms with van der Waals surface area (Å²) in [6.45, 7) is 1.82. The van der Waals surface area contributed by atoms with E-state index >= 15 is 0 Å². The van der Waals surface area contributed by atoms with E-state index in [4.69, 9.17) is 10.5 Å². The average Bonchev–Trinajstić information content (AvgIpc) is 3.36. The summed E-state index contributed by atoms with van der Waals surface area (Å²) in [5.74, 6) is -0.114. The Labute approximate surface area is 219 Å². The molecule has 0 unspecified atom stereocenters. The molecular weight excluding hydrogens is 487 g/mol. The van der Waals surface area contributed by atoms with Gasteiger partial charge in [-0.15, -0.1) is 0 Å². The number of rotatable bonds is 6. The van der Waals surface area contributed by atoms with Gasteiger partial charge in [-0.1, -0.05) is 30.3 Å². The standard InChI is InChI=1S/C28H27FN6O3/c29-23-8-6-21(7-9-23)26-27(22-10-11-31-24(30)16-22)35(19-32-26)17-25(36)33-12-14-34(15-13-33)28(37)38-18-20-4-2-1-3-5-20/h1-11,16,19H,12-15,17-18H2,(H2,30,31). The van der Waals surface area contributed by atoms with Crippen LogP contribution >= 0.6 is 0 Å². The molecule has 1 fully saturated rings. The number of aromatic nitrogens is 3. The number of pyridine rings is 1. The Morgan fingerprint density at radius 3 is 2.32 bits per heavy atom.